The first-order valence-electron chi connectivity index (χ1n) is 8.14. The number of hydrogen-bond donors (Lipinski definition) is 2. The van der Waals surface area contributed by atoms with Gasteiger partial charge in [0.2, 0.25) is 5.13 Å². The lowest BCUT2D eigenvalue weighted by atomic mass is 9.79. The van der Waals surface area contributed by atoms with Crippen LogP contribution in [-0.4, -0.2) is 22.3 Å². The highest BCUT2D eigenvalue weighted by Gasteiger charge is 2.54. The topological polar surface area (TPSA) is 66.9 Å². The minimum atomic E-state index is -0.110. The molecule has 0 aliphatic heterocycles. The molecule has 2 amide bonds. The molecule has 4 rings (SSSR count). The van der Waals surface area contributed by atoms with Gasteiger partial charge in [-0.3, -0.25) is 5.32 Å². The van der Waals surface area contributed by atoms with E-state index >= 15 is 0 Å². The zero-order valence-corrected chi connectivity index (χ0v) is 13.2. The highest BCUT2D eigenvalue weighted by atomic mass is 32.1. The molecule has 0 saturated heterocycles. The standard InChI is InChI=1S/C15H22N4OS/c1-2-13-18-19-15(21-13)17-14(20)16-12-7-8-6-11(12)10-5-3-4-9(8)10/h8-12H,2-7H2,1H3,(H2,16,17,19,20). The van der Waals surface area contributed by atoms with Crippen molar-refractivity contribution < 1.29 is 4.79 Å². The van der Waals surface area contributed by atoms with Crippen molar-refractivity contribution in [2.75, 3.05) is 5.32 Å². The first-order valence-corrected chi connectivity index (χ1v) is 8.96. The molecule has 1 heterocycles. The first kappa shape index (κ1) is 13.5. The van der Waals surface area contributed by atoms with Gasteiger partial charge in [-0.05, 0) is 55.8 Å². The number of aryl methyl sites for hydroxylation is 1. The van der Waals surface area contributed by atoms with Crippen molar-refractivity contribution >= 4 is 22.5 Å². The summed E-state index contributed by atoms with van der Waals surface area (Å²) in [5, 5.41) is 15.6. The van der Waals surface area contributed by atoms with E-state index in [-0.39, 0.29) is 6.03 Å². The van der Waals surface area contributed by atoms with Crippen LogP contribution in [0.15, 0.2) is 0 Å². The number of nitrogens with one attached hydrogen (secondary N) is 2. The van der Waals surface area contributed by atoms with Gasteiger partial charge in [0.15, 0.2) is 0 Å². The minimum absolute atomic E-state index is 0.110. The number of carbonyl (C=O) groups is 1. The van der Waals surface area contributed by atoms with Crippen LogP contribution >= 0.6 is 11.3 Å². The van der Waals surface area contributed by atoms with Crippen molar-refractivity contribution in [3.8, 4) is 0 Å². The van der Waals surface area contributed by atoms with Gasteiger partial charge in [-0.1, -0.05) is 24.7 Å². The van der Waals surface area contributed by atoms with Crippen LogP contribution in [0.4, 0.5) is 9.93 Å². The molecule has 0 aromatic carbocycles. The Hall–Kier alpha value is -1.17. The van der Waals surface area contributed by atoms with E-state index in [9.17, 15) is 4.79 Å². The van der Waals surface area contributed by atoms with Gasteiger partial charge in [0.1, 0.15) is 5.01 Å². The molecule has 6 heteroatoms. The number of carbonyl (C=O) groups excluding carboxylic acids is 1. The van der Waals surface area contributed by atoms with Gasteiger partial charge in [-0.15, -0.1) is 10.2 Å². The third-order valence-corrected chi connectivity index (χ3v) is 6.72. The van der Waals surface area contributed by atoms with E-state index in [1.54, 1.807) is 0 Å². The molecular weight excluding hydrogens is 284 g/mol. The highest BCUT2D eigenvalue weighted by Crippen LogP contribution is 2.58. The Labute approximate surface area is 128 Å². The predicted octanol–water partition coefficient (Wildman–Crippen LogP) is 3.05. The van der Waals surface area contributed by atoms with E-state index in [1.165, 1.54) is 43.4 Å². The van der Waals surface area contributed by atoms with Gasteiger partial charge in [0.05, 0.1) is 0 Å². The van der Waals surface area contributed by atoms with Crippen LogP contribution in [0.1, 0.15) is 44.0 Å². The lowest BCUT2D eigenvalue weighted by Gasteiger charge is -2.31. The largest absolute Gasteiger partial charge is 0.335 e. The molecule has 5 atom stereocenters. The quantitative estimate of drug-likeness (QED) is 0.902. The van der Waals surface area contributed by atoms with E-state index in [4.69, 9.17) is 0 Å². The molecule has 114 valence electrons. The third-order valence-electron chi connectivity index (χ3n) is 5.73. The fourth-order valence-electron chi connectivity index (χ4n) is 4.98. The van der Waals surface area contributed by atoms with Crippen LogP contribution in [0.2, 0.25) is 0 Å². The van der Waals surface area contributed by atoms with Crippen molar-refractivity contribution in [3.05, 3.63) is 5.01 Å². The number of hydrogen-bond acceptors (Lipinski definition) is 4. The van der Waals surface area contributed by atoms with Crippen LogP contribution in [0.5, 0.6) is 0 Å². The van der Waals surface area contributed by atoms with Crippen molar-refractivity contribution in [2.24, 2.45) is 23.7 Å². The van der Waals surface area contributed by atoms with Gasteiger partial charge in [0, 0.05) is 6.04 Å². The molecule has 2 bridgehead atoms. The summed E-state index contributed by atoms with van der Waals surface area (Å²) >= 11 is 1.46. The Bertz CT molecular complexity index is 546. The Balaban J connectivity index is 1.35. The highest BCUT2D eigenvalue weighted by molar-refractivity contribution is 7.15. The summed E-state index contributed by atoms with van der Waals surface area (Å²) in [4.78, 5) is 12.2. The van der Waals surface area contributed by atoms with E-state index in [1.807, 2.05) is 6.92 Å². The average molecular weight is 306 g/mol. The number of fused-ring (bicyclic) bond motifs is 5. The fourth-order valence-corrected chi connectivity index (χ4v) is 5.66. The van der Waals surface area contributed by atoms with Gasteiger partial charge in [0.25, 0.3) is 0 Å². The molecule has 3 aliphatic carbocycles. The monoisotopic (exact) mass is 306 g/mol. The summed E-state index contributed by atoms with van der Waals surface area (Å²) in [6.07, 6.45) is 7.56. The van der Waals surface area contributed by atoms with E-state index < -0.39 is 0 Å². The Morgan fingerprint density at radius 2 is 2.10 bits per heavy atom. The fraction of sp³-hybridized carbons (Fsp3) is 0.800. The summed E-state index contributed by atoms with van der Waals surface area (Å²) in [6.45, 7) is 2.04. The molecule has 21 heavy (non-hydrogen) atoms. The number of aromatic nitrogens is 2. The molecule has 1 aromatic heterocycles. The molecule has 3 aliphatic rings. The Morgan fingerprint density at radius 3 is 2.90 bits per heavy atom. The van der Waals surface area contributed by atoms with Gasteiger partial charge in [-0.25, -0.2) is 4.79 Å². The maximum Gasteiger partial charge on any atom is 0.321 e. The van der Waals surface area contributed by atoms with E-state index in [0.29, 0.717) is 17.1 Å². The second-order valence-electron chi connectivity index (χ2n) is 6.71. The van der Waals surface area contributed by atoms with Gasteiger partial charge < -0.3 is 5.32 Å². The second kappa shape index (κ2) is 5.23. The number of rotatable bonds is 3. The van der Waals surface area contributed by atoms with Crippen LogP contribution in [0.3, 0.4) is 0 Å². The zero-order valence-electron chi connectivity index (χ0n) is 12.3. The smallest absolute Gasteiger partial charge is 0.321 e. The number of anilines is 1. The van der Waals surface area contributed by atoms with Gasteiger partial charge >= 0.3 is 6.03 Å². The van der Waals surface area contributed by atoms with Crippen molar-refractivity contribution in [3.63, 3.8) is 0 Å². The molecule has 3 saturated carbocycles. The van der Waals surface area contributed by atoms with Crippen LogP contribution in [0.25, 0.3) is 0 Å². The summed E-state index contributed by atoms with van der Waals surface area (Å²) in [5.41, 5.74) is 0. The number of urea groups is 1. The molecule has 5 unspecified atom stereocenters. The van der Waals surface area contributed by atoms with Crippen LogP contribution < -0.4 is 10.6 Å². The maximum atomic E-state index is 12.2. The molecule has 3 fully saturated rings. The lowest BCUT2D eigenvalue weighted by molar-refractivity contribution is 0.203. The molecular formula is C15H22N4OS. The normalized spacial score (nSPS) is 36.7. The third kappa shape index (κ3) is 2.33. The minimum Gasteiger partial charge on any atom is -0.335 e. The van der Waals surface area contributed by atoms with E-state index in [0.717, 1.165) is 29.2 Å². The van der Waals surface area contributed by atoms with Crippen molar-refractivity contribution in [1.82, 2.24) is 15.5 Å². The van der Waals surface area contributed by atoms with E-state index in [2.05, 4.69) is 20.8 Å². The second-order valence-corrected chi connectivity index (χ2v) is 7.78. The SMILES string of the molecule is CCc1nnc(NC(=O)NC2CC3CC2C2CCCC32)s1. The molecule has 0 spiro atoms. The number of amides is 2. The first-order chi connectivity index (χ1) is 10.2. The van der Waals surface area contributed by atoms with Crippen LogP contribution in [-0.2, 0) is 6.42 Å². The molecule has 0 radical (unpaired) electrons. The van der Waals surface area contributed by atoms with Crippen LogP contribution in [0, 0.1) is 23.7 Å². The maximum absolute atomic E-state index is 12.2. The Kier molecular flexibility index (Phi) is 3.36. The average Bonchev–Trinajstić information content (AvgIpc) is 3.19. The van der Waals surface area contributed by atoms with Crippen molar-refractivity contribution in [2.45, 2.75) is 51.5 Å². The summed E-state index contributed by atoms with van der Waals surface area (Å²) in [5.74, 6) is 3.42. The molecule has 1 aromatic rings. The van der Waals surface area contributed by atoms with Crippen molar-refractivity contribution in [1.29, 1.82) is 0 Å². The summed E-state index contributed by atoms with van der Waals surface area (Å²) in [6, 6.07) is 0.258. The summed E-state index contributed by atoms with van der Waals surface area (Å²) in [7, 11) is 0. The zero-order chi connectivity index (χ0) is 14.4. The predicted molar refractivity (Wildman–Crippen MR) is 82.3 cm³/mol. The molecule has 2 N–H and O–H groups in total. The van der Waals surface area contributed by atoms with Gasteiger partial charge in [-0.2, -0.15) is 0 Å². The Morgan fingerprint density at radius 1 is 1.24 bits per heavy atom. The molecule has 5 nitrogen and oxygen atoms in total. The summed E-state index contributed by atoms with van der Waals surface area (Å²) < 4.78 is 0. The number of nitrogens with zero attached hydrogens (tertiary/aromatic N) is 2. The lowest BCUT2D eigenvalue weighted by Crippen LogP contribution is -2.44.